The van der Waals surface area contributed by atoms with Crippen molar-refractivity contribution in [2.75, 3.05) is 32.9 Å². The van der Waals surface area contributed by atoms with Crippen molar-refractivity contribution >= 4 is 5.97 Å². The van der Waals surface area contributed by atoms with Crippen LogP contribution in [0, 0.1) is 11.8 Å². The number of likely N-dealkylation sites (tertiary alicyclic amines) is 1. The predicted molar refractivity (Wildman–Crippen MR) is 73.6 cm³/mol. The third-order valence-electron chi connectivity index (χ3n) is 5.35. The number of hydrogen-bond donors (Lipinski definition) is 1. The van der Waals surface area contributed by atoms with Gasteiger partial charge in [-0.2, -0.15) is 0 Å². The van der Waals surface area contributed by atoms with Crippen molar-refractivity contribution in [2.24, 2.45) is 11.8 Å². The summed E-state index contributed by atoms with van der Waals surface area (Å²) >= 11 is 0. The third kappa shape index (κ3) is 2.71. The van der Waals surface area contributed by atoms with Crippen molar-refractivity contribution in [2.45, 2.75) is 44.2 Å². The van der Waals surface area contributed by atoms with E-state index in [1.54, 1.807) is 0 Å². The maximum Gasteiger partial charge on any atom is 0.308 e. The quantitative estimate of drug-likeness (QED) is 0.829. The van der Waals surface area contributed by atoms with Crippen LogP contribution in [-0.2, 0) is 14.3 Å². The Labute approximate surface area is 120 Å². The second kappa shape index (κ2) is 5.62. The van der Waals surface area contributed by atoms with Gasteiger partial charge in [0.15, 0.2) is 0 Å². The van der Waals surface area contributed by atoms with Crippen molar-refractivity contribution < 1.29 is 19.4 Å². The number of aliphatic carboxylic acids is 1. The van der Waals surface area contributed by atoms with E-state index in [2.05, 4.69) is 11.8 Å². The number of carbonyl (C=O) groups is 1. The summed E-state index contributed by atoms with van der Waals surface area (Å²) in [4.78, 5) is 13.7. The minimum atomic E-state index is -0.646. The molecule has 0 aliphatic carbocycles. The second-order valence-corrected chi connectivity index (χ2v) is 6.67. The molecule has 0 radical (unpaired) electrons. The fourth-order valence-electron chi connectivity index (χ4n) is 4.03. The summed E-state index contributed by atoms with van der Waals surface area (Å²) in [5, 5.41) is 9.27. The number of ether oxygens (including phenoxy) is 2. The Bertz CT molecular complexity index is 361. The zero-order valence-corrected chi connectivity index (χ0v) is 12.2. The standard InChI is InChI=1S/C15H25NO4/c1-11-9-16(10-13(11)14(17)18)12-2-5-20-15(8-12)3-6-19-7-4-15/h11-13H,2-10H2,1H3,(H,17,18)/t11-,12?,13-/m1/s1. The molecule has 1 N–H and O–H groups in total. The maximum atomic E-state index is 11.3. The van der Waals surface area contributed by atoms with Gasteiger partial charge < -0.3 is 14.6 Å². The largest absolute Gasteiger partial charge is 0.481 e. The van der Waals surface area contributed by atoms with Gasteiger partial charge in [-0.3, -0.25) is 9.69 Å². The van der Waals surface area contributed by atoms with Gasteiger partial charge in [0, 0.05) is 39.0 Å². The molecule has 0 aromatic carbocycles. The van der Waals surface area contributed by atoms with Crippen LogP contribution in [0.15, 0.2) is 0 Å². The van der Waals surface area contributed by atoms with E-state index in [1.807, 2.05) is 0 Å². The highest BCUT2D eigenvalue weighted by molar-refractivity contribution is 5.71. The molecule has 20 heavy (non-hydrogen) atoms. The normalized spacial score (nSPS) is 38.1. The van der Waals surface area contributed by atoms with Gasteiger partial charge in [-0.1, -0.05) is 6.92 Å². The van der Waals surface area contributed by atoms with Crippen molar-refractivity contribution in [1.82, 2.24) is 4.90 Å². The van der Waals surface area contributed by atoms with Gasteiger partial charge >= 0.3 is 5.97 Å². The number of carboxylic acid groups (broad SMARTS) is 1. The highest BCUT2D eigenvalue weighted by Gasteiger charge is 2.44. The highest BCUT2D eigenvalue weighted by atomic mass is 16.5. The summed E-state index contributed by atoms with van der Waals surface area (Å²) in [5.41, 5.74) is -0.00822. The summed E-state index contributed by atoms with van der Waals surface area (Å²) in [7, 11) is 0. The number of hydrogen-bond acceptors (Lipinski definition) is 4. The van der Waals surface area contributed by atoms with Crippen molar-refractivity contribution in [3.05, 3.63) is 0 Å². The Morgan fingerprint density at radius 1 is 1.25 bits per heavy atom. The molecule has 3 fully saturated rings. The smallest absolute Gasteiger partial charge is 0.308 e. The first kappa shape index (κ1) is 14.3. The van der Waals surface area contributed by atoms with Gasteiger partial charge in [-0.15, -0.1) is 0 Å². The Kier molecular flexibility index (Phi) is 4.02. The minimum Gasteiger partial charge on any atom is -0.481 e. The first-order valence-electron chi connectivity index (χ1n) is 7.78. The molecule has 1 unspecified atom stereocenters. The molecule has 3 saturated heterocycles. The summed E-state index contributed by atoms with van der Waals surface area (Å²) in [6, 6.07) is 0.480. The van der Waals surface area contributed by atoms with Crippen LogP contribution in [0.25, 0.3) is 0 Å². The predicted octanol–water partition coefficient (Wildman–Crippen LogP) is 1.37. The monoisotopic (exact) mass is 283 g/mol. The summed E-state index contributed by atoms with van der Waals surface area (Å²) in [5.74, 6) is -0.600. The molecule has 114 valence electrons. The number of nitrogens with zero attached hydrogens (tertiary/aromatic N) is 1. The summed E-state index contributed by atoms with van der Waals surface area (Å²) in [6.07, 6.45) is 4.03. The topological polar surface area (TPSA) is 59.0 Å². The van der Waals surface area contributed by atoms with E-state index >= 15 is 0 Å². The Hall–Kier alpha value is -0.650. The fraction of sp³-hybridized carbons (Fsp3) is 0.933. The number of rotatable bonds is 2. The van der Waals surface area contributed by atoms with Crippen LogP contribution in [0.1, 0.15) is 32.6 Å². The van der Waals surface area contributed by atoms with Gasteiger partial charge in [-0.05, 0) is 31.6 Å². The average Bonchev–Trinajstić information content (AvgIpc) is 2.82. The van der Waals surface area contributed by atoms with E-state index in [1.165, 1.54) is 0 Å². The molecule has 3 heterocycles. The Morgan fingerprint density at radius 3 is 2.65 bits per heavy atom. The van der Waals surface area contributed by atoms with Gasteiger partial charge in [0.2, 0.25) is 0 Å². The Morgan fingerprint density at radius 2 is 2.00 bits per heavy atom. The molecule has 3 aliphatic rings. The molecule has 0 bridgehead atoms. The van der Waals surface area contributed by atoms with E-state index in [0.29, 0.717) is 12.6 Å². The van der Waals surface area contributed by atoms with E-state index in [0.717, 1.165) is 52.0 Å². The lowest BCUT2D eigenvalue weighted by atomic mass is 9.83. The first-order valence-corrected chi connectivity index (χ1v) is 7.78. The summed E-state index contributed by atoms with van der Waals surface area (Å²) < 4.78 is 11.5. The second-order valence-electron chi connectivity index (χ2n) is 6.67. The van der Waals surface area contributed by atoms with Gasteiger partial charge in [0.1, 0.15) is 0 Å². The number of carboxylic acids is 1. The van der Waals surface area contributed by atoms with Crippen LogP contribution in [0.3, 0.4) is 0 Å². The lowest BCUT2D eigenvalue weighted by molar-refractivity contribution is -0.150. The molecule has 5 heteroatoms. The van der Waals surface area contributed by atoms with Crippen LogP contribution in [-0.4, -0.2) is 60.5 Å². The van der Waals surface area contributed by atoms with Crippen LogP contribution in [0.4, 0.5) is 0 Å². The van der Waals surface area contributed by atoms with E-state index in [-0.39, 0.29) is 17.4 Å². The van der Waals surface area contributed by atoms with Gasteiger partial charge in [0.25, 0.3) is 0 Å². The molecule has 3 rings (SSSR count). The average molecular weight is 283 g/mol. The molecule has 0 aromatic heterocycles. The zero-order chi connectivity index (χ0) is 14.2. The molecule has 5 nitrogen and oxygen atoms in total. The molecule has 0 saturated carbocycles. The molecular weight excluding hydrogens is 258 g/mol. The van der Waals surface area contributed by atoms with Gasteiger partial charge in [0.05, 0.1) is 11.5 Å². The van der Waals surface area contributed by atoms with Crippen molar-refractivity contribution in [3.63, 3.8) is 0 Å². The van der Waals surface area contributed by atoms with Crippen molar-refractivity contribution in [1.29, 1.82) is 0 Å². The van der Waals surface area contributed by atoms with Gasteiger partial charge in [-0.25, -0.2) is 0 Å². The van der Waals surface area contributed by atoms with Crippen LogP contribution in [0.5, 0.6) is 0 Å². The fourth-order valence-corrected chi connectivity index (χ4v) is 4.03. The molecule has 1 spiro atoms. The van der Waals surface area contributed by atoms with E-state index in [4.69, 9.17) is 9.47 Å². The zero-order valence-electron chi connectivity index (χ0n) is 12.2. The lowest BCUT2D eigenvalue weighted by Crippen LogP contribution is -2.50. The van der Waals surface area contributed by atoms with E-state index < -0.39 is 5.97 Å². The van der Waals surface area contributed by atoms with E-state index in [9.17, 15) is 9.90 Å². The minimum absolute atomic E-state index is 0.00822. The first-order chi connectivity index (χ1) is 9.60. The molecule has 0 amide bonds. The third-order valence-corrected chi connectivity index (χ3v) is 5.35. The van der Waals surface area contributed by atoms with Crippen LogP contribution in [0.2, 0.25) is 0 Å². The SMILES string of the molecule is C[C@@H]1CN(C2CCOC3(CCOCC3)C2)C[C@H]1C(=O)O. The Balaban J connectivity index is 1.64. The van der Waals surface area contributed by atoms with Crippen molar-refractivity contribution in [3.8, 4) is 0 Å². The molecule has 3 aliphatic heterocycles. The highest BCUT2D eigenvalue weighted by Crippen LogP contribution is 2.38. The van der Waals surface area contributed by atoms with Crippen LogP contribution < -0.4 is 0 Å². The molecule has 3 atom stereocenters. The molecule has 0 aromatic rings. The summed E-state index contributed by atoms with van der Waals surface area (Å²) in [6.45, 7) is 6.05. The molecular formula is C15H25NO4. The van der Waals surface area contributed by atoms with Crippen LogP contribution >= 0.6 is 0 Å². The lowest BCUT2D eigenvalue weighted by Gasteiger charge is -2.45. The maximum absolute atomic E-state index is 11.3.